The summed E-state index contributed by atoms with van der Waals surface area (Å²) in [5.74, 6) is -1.44. The van der Waals surface area contributed by atoms with Crippen LogP contribution in [0.3, 0.4) is 0 Å². The average molecular weight is 194 g/mol. The van der Waals surface area contributed by atoms with Gasteiger partial charge in [0, 0.05) is 6.26 Å². The molecule has 62 valence electrons. The van der Waals surface area contributed by atoms with E-state index in [1.807, 2.05) is 0 Å². The molecule has 0 aliphatic heterocycles. The second kappa shape index (κ2) is 4.47. The maximum atomic E-state index is 10.3. The van der Waals surface area contributed by atoms with Gasteiger partial charge < -0.3 is 4.55 Å². The van der Waals surface area contributed by atoms with Crippen LogP contribution in [-0.2, 0) is 20.0 Å². The molecule has 0 radical (unpaired) electrons. The summed E-state index contributed by atoms with van der Waals surface area (Å²) >= 11 is 0. The first-order valence-electron chi connectivity index (χ1n) is 2.32. The minimum absolute atomic E-state index is 0. The molecule has 0 saturated carbocycles. The van der Waals surface area contributed by atoms with Gasteiger partial charge in [-0.15, -0.1) is 0 Å². The van der Waals surface area contributed by atoms with Gasteiger partial charge in [-0.1, -0.05) is 0 Å². The molecule has 0 aromatic carbocycles. The Morgan fingerprint density at radius 3 is 1.55 bits per heavy atom. The second-order valence-electron chi connectivity index (χ2n) is 1.89. The summed E-state index contributed by atoms with van der Waals surface area (Å²) in [7, 11) is -7.72. The van der Waals surface area contributed by atoms with Crippen LogP contribution in [0.4, 0.5) is 0 Å². The van der Waals surface area contributed by atoms with E-state index in [0.29, 0.717) is 0 Å². The van der Waals surface area contributed by atoms with Crippen molar-refractivity contribution in [2.24, 2.45) is 0 Å². The molecular formula is C3H7LiO5S2. The molecule has 0 bridgehead atoms. The van der Waals surface area contributed by atoms with Crippen LogP contribution in [0.5, 0.6) is 0 Å². The van der Waals surface area contributed by atoms with Gasteiger partial charge >= 0.3 is 18.9 Å². The molecule has 0 spiro atoms. The Morgan fingerprint density at radius 2 is 1.45 bits per heavy atom. The molecule has 0 fully saturated rings. The summed E-state index contributed by atoms with van der Waals surface area (Å²) in [6.45, 7) is 0. The van der Waals surface area contributed by atoms with Crippen LogP contribution in [0.25, 0.3) is 0 Å². The number of hydrogen-bond donors (Lipinski definition) is 0. The Hall–Kier alpha value is 0.457. The van der Waals surface area contributed by atoms with Crippen molar-refractivity contribution in [3.63, 3.8) is 0 Å². The molecule has 0 aliphatic rings. The van der Waals surface area contributed by atoms with Crippen molar-refractivity contribution >= 4 is 20.0 Å². The van der Waals surface area contributed by atoms with Gasteiger partial charge in [0.1, 0.15) is 9.84 Å². The van der Waals surface area contributed by atoms with Crippen molar-refractivity contribution in [3.05, 3.63) is 0 Å². The van der Waals surface area contributed by atoms with Crippen molar-refractivity contribution < 1.29 is 40.2 Å². The molecule has 8 heteroatoms. The SMILES string of the molecule is CS(=O)(=O)CCS(=O)(=O)[O-].[Li+]. The molecular weight excluding hydrogens is 187 g/mol. The Labute approximate surface area is 78.0 Å². The summed E-state index contributed by atoms with van der Waals surface area (Å²) in [6.07, 6.45) is 0.873. The Morgan fingerprint density at radius 1 is 1.09 bits per heavy atom. The van der Waals surface area contributed by atoms with E-state index >= 15 is 0 Å². The maximum Gasteiger partial charge on any atom is 1.00 e. The van der Waals surface area contributed by atoms with Crippen molar-refractivity contribution in [2.75, 3.05) is 17.8 Å². The summed E-state index contributed by atoms with van der Waals surface area (Å²) in [5.41, 5.74) is 0. The Balaban J connectivity index is 0. The van der Waals surface area contributed by atoms with Gasteiger partial charge in [-0.05, 0) is 0 Å². The van der Waals surface area contributed by atoms with E-state index in [1.165, 1.54) is 0 Å². The first-order valence-corrected chi connectivity index (χ1v) is 5.96. The summed E-state index contributed by atoms with van der Waals surface area (Å²) in [4.78, 5) is 0. The Bertz CT molecular complexity index is 256. The van der Waals surface area contributed by atoms with Gasteiger partial charge in [-0.2, -0.15) is 0 Å². The summed E-state index contributed by atoms with van der Waals surface area (Å²) in [5, 5.41) is 0. The molecule has 0 rings (SSSR count). The topological polar surface area (TPSA) is 91.3 Å². The van der Waals surface area contributed by atoms with Gasteiger partial charge in [0.15, 0.2) is 0 Å². The zero-order valence-electron chi connectivity index (χ0n) is 6.27. The van der Waals surface area contributed by atoms with Gasteiger partial charge in [0.25, 0.3) is 0 Å². The molecule has 0 aromatic rings. The van der Waals surface area contributed by atoms with Crippen molar-refractivity contribution in [2.45, 2.75) is 0 Å². The minimum atomic E-state index is -4.39. The minimum Gasteiger partial charge on any atom is -0.748 e. The van der Waals surface area contributed by atoms with Gasteiger partial charge in [-0.3, -0.25) is 0 Å². The largest absolute Gasteiger partial charge is 1.00 e. The van der Waals surface area contributed by atoms with Crippen LogP contribution < -0.4 is 18.9 Å². The van der Waals surface area contributed by atoms with E-state index < -0.39 is 31.5 Å². The molecule has 0 unspecified atom stereocenters. The molecule has 0 saturated heterocycles. The predicted molar refractivity (Wildman–Crippen MR) is 34.3 cm³/mol. The smallest absolute Gasteiger partial charge is 0.748 e. The molecule has 0 atom stereocenters. The van der Waals surface area contributed by atoms with Crippen LogP contribution in [0, 0.1) is 0 Å². The van der Waals surface area contributed by atoms with Crippen LogP contribution in [0.2, 0.25) is 0 Å². The fourth-order valence-electron chi connectivity index (χ4n) is 0.253. The van der Waals surface area contributed by atoms with Crippen LogP contribution in [-0.4, -0.2) is 39.1 Å². The second-order valence-corrected chi connectivity index (χ2v) is 5.68. The van der Waals surface area contributed by atoms with Crippen LogP contribution >= 0.6 is 0 Å². The quantitative estimate of drug-likeness (QED) is 0.334. The van der Waals surface area contributed by atoms with E-state index in [9.17, 15) is 21.4 Å². The molecule has 5 nitrogen and oxygen atoms in total. The van der Waals surface area contributed by atoms with Gasteiger partial charge in [-0.25, -0.2) is 16.8 Å². The average Bonchev–Trinajstić information content (AvgIpc) is 1.57. The van der Waals surface area contributed by atoms with E-state index in [2.05, 4.69) is 0 Å². The zero-order valence-corrected chi connectivity index (χ0v) is 7.90. The molecule has 0 aromatic heterocycles. The number of rotatable bonds is 3. The van der Waals surface area contributed by atoms with Crippen LogP contribution in [0.1, 0.15) is 0 Å². The third kappa shape index (κ3) is 13.5. The van der Waals surface area contributed by atoms with E-state index in [-0.39, 0.29) is 18.9 Å². The summed E-state index contributed by atoms with van der Waals surface area (Å²) < 4.78 is 50.1. The fourth-order valence-corrected chi connectivity index (χ4v) is 2.28. The van der Waals surface area contributed by atoms with E-state index in [0.717, 1.165) is 6.26 Å². The van der Waals surface area contributed by atoms with Crippen molar-refractivity contribution in [1.29, 1.82) is 0 Å². The monoisotopic (exact) mass is 194 g/mol. The predicted octanol–water partition coefficient (Wildman–Crippen LogP) is -4.42. The first kappa shape index (κ1) is 14.0. The summed E-state index contributed by atoms with van der Waals surface area (Å²) in [6, 6.07) is 0. The normalized spacial score (nSPS) is 12.2. The molecule has 0 heterocycles. The first-order chi connectivity index (χ1) is 4.21. The van der Waals surface area contributed by atoms with E-state index in [1.54, 1.807) is 0 Å². The number of sulfone groups is 1. The van der Waals surface area contributed by atoms with Gasteiger partial charge in [0.05, 0.1) is 21.6 Å². The zero-order chi connectivity index (χ0) is 8.41. The molecule has 0 N–H and O–H groups in total. The Kier molecular flexibility index (Phi) is 5.70. The third-order valence-corrected chi connectivity index (χ3v) is 2.61. The van der Waals surface area contributed by atoms with E-state index in [4.69, 9.17) is 0 Å². The van der Waals surface area contributed by atoms with Crippen molar-refractivity contribution in [3.8, 4) is 0 Å². The molecule has 0 amide bonds. The van der Waals surface area contributed by atoms with Crippen LogP contribution in [0.15, 0.2) is 0 Å². The molecule has 11 heavy (non-hydrogen) atoms. The van der Waals surface area contributed by atoms with Gasteiger partial charge in [0.2, 0.25) is 0 Å². The van der Waals surface area contributed by atoms with Crippen molar-refractivity contribution in [1.82, 2.24) is 0 Å². The number of hydrogen-bond acceptors (Lipinski definition) is 5. The molecule has 0 aliphatic carbocycles. The standard InChI is InChI=1S/C3H8O5S2.Li/c1-9(4,5)2-3-10(6,7)8;/h2-3H2,1H3,(H,6,7,8);/q;+1/p-1. The third-order valence-electron chi connectivity index (χ3n) is 0.704. The fraction of sp³-hybridized carbons (Fsp3) is 1.00. The maximum absolute atomic E-state index is 10.3.